The van der Waals surface area contributed by atoms with Crippen LogP contribution < -0.4 is 0 Å². The number of hydrogen-bond donors (Lipinski definition) is 3. The molecule has 2 aliphatic carbocycles. The molecule has 4 atom stereocenters. The van der Waals surface area contributed by atoms with Gasteiger partial charge in [-0.15, -0.1) is 0 Å². The molecule has 0 aromatic carbocycles. The van der Waals surface area contributed by atoms with Crippen LogP contribution in [0.2, 0.25) is 0 Å². The Balaban J connectivity index is 2.27. The molecule has 0 radical (unpaired) electrons. The van der Waals surface area contributed by atoms with Crippen LogP contribution in [0.1, 0.15) is 72.6 Å². The molecular weight excluding hydrogens is 288 g/mol. The predicted molar refractivity (Wildman–Crippen MR) is 94.1 cm³/mol. The Morgan fingerprint density at radius 2 is 1.83 bits per heavy atom. The van der Waals surface area contributed by atoms with E-state index >= 15 is 0 Å². The maximum Gasteiger partial charge on any atom is 0.0732 e. The maximum absolute atomic E-state index is 11.8. The highest BCUT2D eigenvalue weighted by molar-refractivity contribution is 5.13. The highest BCUT2D eigenvalue weighted by Crippen LogP contribution is 2.63. The molecule has 2 saturated carbocycles. The highest BCUT2D eigenvalue weighted by atomic mass is 16.3. The fraction of sp³-hybridized carbons (Fsp3) is 0.900. The molecule has 2 rings (SSSR count). The van der Waals surface area contributed by atoms with Gasteiger partial charge in [-0.2, -0.15) is 0 Å². The lowest BCUT2D eigenvalue weighted by atomic mass is 9.44. The summed E-state index contributed by atoms with van der Waals surface area (Å²) in [6, 6.07) is 0. The van der Waals surface area contributed by atoms with Gasteiger partial charge in [-0.1, -0.05) is 40.2 Å². The first-order valence-electron chi connectivity index (χ1n) is 9.33. The molecular formula is C20H36O3. The van der Waals surface area contributed by atoms with Gasteiger partial charge in [-0.25, -0.2) is 0 Å². The fourth-order valence-corrected chi connectivity index (χ4v) is 5.83. The zero-order valence-corrected chi connectivity index (χ0v) is 15.4. The summed E-state index contributed by atoms with van der Waals surface area (Å²) >= 11 is 0. The molecule has 134 valence electrons. The first kappa shape index (κ1) is 19.0. The lowest BCUT2D eigenvalue weighted by Crippen LogP contribution is -2.62. The van der Waals surface area contributed by atoms with Crippen molar-refractivity contribution in [3.8, 4) is 0 Å². The van der Waals surface area contributed by atoms with Crippen molar-refractivity contribution in [3.63, 3.8) is 0 Å². The minimum atomic E-state index is -0.683. The first-order chi connectivity index (χ1) is 10.7. The Morgan fingerprint density at radius 1 is 1.13 bits per heavy atom. The third kappa shape index (κ3) is 3.25. The molecule has 0 spiro atoms. The third-order valence-corrected chi connectivity index (χ3v) is 7.33. The van der Waals surface area contributed by atoms with Gasteiger partial charge in [0.25, 0.3) is 0 Å². The van der Waals surface area contributed by atoms with Crippen molar-refractivity contribution >= 4 is 0 Å². The van der Waals surface area contributed by atoms with Gasteiger partial charge in [0.05, 0.1) is 18.8 Å². The average molecular weight is 325 g/mol. The van der Waals surface area contributed by atoms with E-state index < -0.39 is 5.60 Å². The minimum Gasteiger partial charge on any atom is -0.392 e. The summed E-state index contributed by atoms with van der Waals surface area (Å²) in [5.41, 5.74) is 0.402. The molecule has 3 nitrogen and oxygen atoms in total. The van der Waals surface area contributed by atoms with Crippen molar-refractivity contribution in [1.82, 2.24) is 0 Å². The van der Waals surface area contributed by atoms with Crippen molar-refractivity contribution in [2.45, 2.75) is 78.2 Å². The monoisotopic (exact) mass is 324 g/mol. The normalized spacial score (nSPS) is 40.7. The maximum atomic E-state index is 11.8. The Bertz CT molecular complexity index is 442. The zero-order chi connectivity index (χ0) is 17.3. The second-order valence-corrected chi connectivity index (χ2v) is 8.92. The standard InChI is InChI=1S/C20H36O3/c1-15-6-7-17-18(2,3)10-5-11-19(17,4)20(15,23)12-8-16(14-22)9-13-21/h9,15,17,21-23H,5-8,10-14H2,1-4H3/t15-,17?,19-,20?/m1/s1. The largest absolute Gasteiger partial charge is 0.392 e. The van der Waals surface area contributed by atoms with E-state index in [1.54, 1.807) is 6.08 Å². The van der Waals surface area contributed by atoms with E-state index in [0.717, 1.165) is 18.4 Å². The Labute approximate surface area is 141 Å². The van der Waals surface area contributed by atoms with Gasteiger partial charge >= 0.3 is 0 Å². The Kier molecular flexibility index (Phi) is 5.65. The molecule has 2 unspecified atom stereocenters. The summed E-state index contributed by atoms with van der Waals surface area (Å²) in [7, 11) is 0. The van der Waals surface area contributed by atoms with Crippen molar-refractivity contribution in [1.29, 1.82) is 0 Å². The number of aliphatic hydroxyl groups excluding tert-OH is 2. The Morgan fingerprint density at radius 3 is 2.43 bits per heavy atom. The number of aliphatic hydroxyl groups is 3. The molecule has 0 heterocycles. The second kappa shape index (κ2) is 6.85. The van der Waals surface area contributed by atoms with Gasteiger partial charge in [-0.3, -0.25) is 0 Å². The molecule has 0 aliphatic heterocycles. The van der Waals surface area contributed by atoms with E-state index in [9.17, 15) is 10.2 Å². The lowest BCUT2D eigenvalue weighted by molar-refractivity contribution is -0.211. The Hall–Kier alpha value is -0.380. The molecule has 0 saturated heterocycles. The molecule has 2 fully saturated rings. The number of fused-ring (bicyclic) bond motifs is 1. The van der Waals surface area contributed by atoms with Gasteiger partial charge in [0, 0.05) is 0 Å². The average Bonchev–Trinajstić information content (AvgIpc) is 2.48. The minimum absolute atomic E-state index is 0.0311. The van der Waals surface area contributed by atoms with Gasteiger partial charge in [0.2, 0.25) is 0 Å². The van der Waals surface area contributed by atoms with Crippen LogP contribution in [0.4, 0.5) is 0 Å². The van der Waals surface area contributed by atoms with E-state index in [0.29, 0.717) is 24.2 Å². The molecule has 2 aliphatic rings. The van der Waals surface area contributed by atoms with Crippen LogP contribution in [0.5, 0.6) is 0 Å². The summed E-state index contributed by atoms with van der Waals surface area (Å²) in [6.07, 6.45) is 8.87. The van der Waals surface area contributed by atoms with Gasteiger partial charge in [-0.05, 0) is 66.8 Å². The van der Waals surface area contributed by atoms with Crippen molar-refractivity contribution in [3.05, 3.63) is 11.6 Å². The van der Waals surface area contributed by atoms with Gasteiger partial charge in [0.1, 0.15) is 0 Å². The van der Waals surface area contributed by atoms with E-state index in [-0.39, 0.29) is 24.5 Å². The van der Waals surface area contributed by atoms with E-state index in [2.05, 4.69) is 27.7 Å². The zero-order valence-electron chi connectivity index (χ0n) is 15.4. The fourth-order valence-electron chi connectivity index (χ4n) is 5.83. The van der Waals surface area contributed by atoms with Crippen LogP contribution >= 0.6 is 0 Å². The van der Waals surface area contributed by atoms with Crippen LogP contribution in [0, 0.1) is 22.7 Å². The van der Waals surface area contributed by atoms with Crippen LogP contribution in [0.15, 0.2) is 11.6 Å². The van der Waals surface area contributed by atoms with E-state index in [1.807, 2.05) is 0 Å². The summed E-state index contributed by atoms with van der Waals surface area (Å²) in [4.78, 5) is 0. The SMILES string of the molecule is C[C@@H]1CCC2C(C)(C)CCC[C@@]2(C)C1(O)CCC(=CCO)CO. The molecule has 23 heavy (non-hydrogen) atoms. The second-order valence-electron chi connectivity index (χ2n) is 8.92. The van der Waals surface area contributed by atoms with Crippen LogP contribution in [-0.2, 0) is 0 Å². The molecule has 0 amide bonds. The molecule has 3 heteroatoms. The third-order valence-electron chi connectivity index (χ3n) is 7.33. The van der Waals surface area contributed by atoms with E-state index in [1.165, 1.54) is 19.3 Å². The van der Waals surface area contributed by atoms with E-state index in [4.69, 9.17) is 5.11 Å². The lowest BCUT2D eigenvalue weighted by Gasteiger charge is -2.63. The molecule has 0 aromatic heterocycles. The summed E-state index contributed by atoms with van der Waals surface area (Å²) in [5.74, 6) is 0.844. The first-order valence-corrected chi connectivity index (χ1v) is 9.33. The van der Waals surface area contributed by atoms with Gasteiger partial charge in [0.15, 0.2) is 0 Å². The van der Waals surface area contributed by atoms with Crippen LogP contribution in [-0.4, -0.2) is 34.1 Å². The van der Waals surface area contributed by atoms with Gasteiger partial charge < -0.3 is 15.3 Å². The number of hydrogen-bond acceptors (Lipinski definition) is 3. The van der Waals surface area contributed by atoms with Crippen LogP contribution in [0.3, 0.4) is 0 Å². The smallest absolute Gasteiger partial charge is 0.0732 e. The van der Waals surface area contributed by atoms with Crippen molar-refractivity contribution < 1.29 is 15.3 Å². The molecule has 0 aromatic rings. The summed E-state index contributed by atoms with van der Waals surface area (Å²) in [6.45, 7) is 9.17. The van der Waals surface area contributed by atoms with Crippen molar-refractivity contribution in [2.75, 3.05) is 13.2 Å². The topological polar surface area (TPSA) is 60.7 Å². The number of rotatable bonds is 5. The summed E-state index contributed by atoms with van der Waals surface area (Å²) in [5, 5.41) is 30.3. The van der Waals surface area contributed by atoms with Crippen LogP contribution in [0.25, 0.3) is 0 Å². The summed E-state index contributed by atoms with van der Waals surface area (Å²) < 4.78 is 0. The molecule has 3 N–H and O–H groups in total. The predicted octanol–water partition coefficient (Wildman–Crippen LogP) is 3.67. The quantitative estimate of drug-likeness (QED) is 0.676. The molecule has 0 bridgehead atoms. The van der Waals surface area contributed by atoms with Crippen molar-refractivity contribution in [2.24, 2.45) is 22.7 Å². The highest BCUT2D eigenvalue weighted by Gasteiger charge is 2.60.